The molecule has 0 aliphatic rings. The number of benzene rings is 3. The summed E-state index contributed by atoms with van der Waals surface area (Å²) in [6, 6.07) is 28.4. The van der Waals surface area contributed by atoms with Crippen LogP contribution >= 0.6 is 57.1 Å². The fraction of sp³-hybridized carbons (Fsp3) is 0.531. The van der Waals surface area contributed by atoms with Crippen molar-refractivity contribution in [3.63, 3.8) is 0 Å². The molecule has 0 spiro atoms. The highest BCUT2D eigenvalue weighted by atomic mass is 32.1. The largest absolute Gasteiger partial charge is 0.386 e. The molecule has 11 heteroatoms. The number of anilines is 4. The first kappa shape index (κ1) is 57.2. The molecular weight excluding hydrogens is 1010 g/mol. The van der Waals surface area contributed by atoms with E-state index in [4.69, 9.17) is 8.75 Å². The van der Waals surface area contributed by atoms with Crippen LogP contribution in [0.3, 0.4) is 0 Å². The van der Waals surface area contributed by atoms with Gasteiger partial charge >= 0.3 is 0 Å². The molecule has 75 heavy (non-hydrogen) atoms. The van der Waals surface area contributed by atoms with Crippen LogP contribution in [0.2, 0.25) is 0 Å². The molecule has 0 fully saturated rings. The lowest BCUT2D eigenvalue weighted by Gasteiger charge is -2.25. The summed E-state index contributed by atoms with van der Waals surface area (Å²) in [5, 5.41) is 7.26. The first-order valence-electron chi connectivity index (χ1n) is 29.4. The van der Waals surface area contributed by atoms with Crippen LogP contribution in [0.25, 0.3) is 71.6 Å². The van der Waals surface area contributed by atoms with Crippen molar-refractivity contribution in [2.24, 2.45) is 0 Å². The minimum atomic E-state index is 0.979. The van der Waals surface area contributed by atoms with E-state index in [1.54, 1.807) is 0 Å². The maximum atomic E-state index is 4.99. The number of thiophene rings is 4. The Morgan fingerprint density at radius 2 is 0.707 bits per heavy atom. The summed E-state index contributed by atoms with van der Waals surface area (Å²) in [6.07, 6.45) is 32.1. The van der Waals surface area contributed by atoms with Crippen molar-refractivity contribution in [2.75, 3.05) is 60.7 Å². The molecule has 0 saturated heterocycles. The lowest BCUT2D eigenvalue weighted by molar-refractivity contribution is 0.575. The molecule has 5 aromatic heterocycles. The van der Waals surface area contributed by atoms with E-state index in [0.29, 0.717) is 0 Å². The fourth-order valence-electron chi connectivity index (χ4n) is 10.9. The van der Waals surface area contributed by atoms with Crippen molar-refractivity contribution in [3.05, 3.63) is 72.8 Å². The SMILES string of the molecule is CCCCCCCCN(CCCCCCCC)c1ccc(-c2cc3sc(-c4ccc(-c5sc6cc(-c7ccc(N(CCCCCCCC)CCCCCCCC)cc7)sc6c5NC)c5nsnc45)c(NC)c3s2)cc1. The predicted molar refractivity (Wildman–Crippen MR) is 343 cm³/mol. The molecule has 2 N–H and O–H groups in total. The zero-order valence-corrected chi connectivity index (χ0v) is 50.6. The predicted octanol–water partition coefficient (Wildman–Crippen LogP) is 22.0. The highest BCUT2D eigenvalue weighted by molar-refractivity contribution is 7.33. The van der Waals surface area contributed by atoms with E-state index in [9.17, 15) is 0 Å². The summed E-state index contributed by atoms with van der Waals surface area (Å²) >= 11 is 8.86. The standard InChI is InChI=1S/C64H88N6S5/c1-7-11-15-19-23-27-41-69(42-28-24-20-16-12-8-2)49-35-31-47(32-36-49)53-45-55-63(71-53)59(65-5)61(73-55)51-39-40-52(58-57(51)67-75-68-58)62-60(66-6)64-56(74-62)46-54(72-64)48-33-37-50(38-34-48)70(43-29-25-21-17-13-9-3)44-30-26-22-18-14-10-4/h31-40,45-46,65-66H,7-30,41-44H2,1-6H3. The summed E-state index contributed by atoms with van der Waals surface area (Å²) in [7, 11) is 4.13. The molecule has 3 aromatic carbocycles. The fourth-order valence-corrected chi connectivity index (χ4v) is 16.8. The molecule has 0 aliphatic heterocycles. The molecule has 404 valence electrons. The third kappa shape index (κ3) is 15.0. The summed E-state index contributed by atoms with van der Waals surface area (Å²) < 4.78 is 15.2. The summed E-state index contributed by atoms with van der Waals surface area (Å²) in [6.45, 7) is 13.8. The van der Waals surface area contributed by atoms with Crippen molar-refractivity contribution in [3.8, 4) is 41.8 Å². The molecule has 5 heterocycles. The Labute approximate surface area is 472 Å². The van der Waals surface area contributed by atoms with E-state index in [0.717, 1.165) is 48.3 Å². The highest BCUT2D eigenvalue weighted by Crippen LogP contribution is 2.53. The van der Waals surface area contributed by atoms with E-state index in [2.05, 4.69) is 135 Å². The van der Waals surface area contributed by atoms with Crippen molar-refractivity contribution in [2.45, 2.75) is 182 Å². The zero-order chi connectivity index (χ0) is 52.2. The van der Waals surface area contributed by atoms with Crippen LogP contribution in [0.5, 0.6) is 0 Å². The summed E-state index contributed by atoms with van der Waals surface area (Å²) in [4.78, 5) is 10.4. The quantitative estimate of drug-likeness (QED) is 0.0382. The normalized spacial score (nSPS) is 11.8. The van der Waals surface area contributed by atoms with Gasteiger partial charge in [-0.15, -0.1) is 45.3 Å². The monoisotopic (exact) mass is 1100 g/mol. The molecule has 6 nitrogen and oxygen atoms in total. The summed E-state index contributed by atoms with van der Waals surface area (Å²) in [5.74, 6) is 0. The Balaban J connectivity index is 0.973. The maximum Gasteiger partial charge on any atom is 0.114 e. The maximum absolute atomic E-state index is 4.99. The first-order valence-corrected chi connectivity index (χ1v) is 33.4. The van der Waals surface area contributed by atoms with Gasteiger partial charge in [-0.3, -0.25) is 0 Å². The van der Waals surface area contributed by atoms with Gasteiger partial charge in [0.15, 0.2) is 0 Å². The third-order valence-electron chi connectivity index (χ3n) is 15.3. The van der Waals surface area contributed by atoms with Crippen molar-refractivity contribution in [1.82, 2.24) is 8.75 Å². The number of hydrogen-bond acceptors (Lipinski definition) is 11. The molecule has 0 radical (unpaired) electrons. The number of unbranched alkanes of at least 4 members (excludes halogenated alkanes) is 20. The van der Waals surface area contributed by atoms with Crippen molar-refractivity contribution in [1.29, 1.82) is 0 Å². The Bertz CT molecular complexity index is 2670. The summed E-state index contributed by atoms with van der Waals surface area (Å²) in [5.41, 5.74) is 12.0. The molecule has 0 saturated carbocycles. The smallest absolute Gasteiger partial charge is 0.114 e. The Hall–Kier alpha value is -4.00. The number of aromatic nitrogens is 2. The van der Waals surface area contributed by atoms with E-state index < -0.39 is 0 Å². The van der Waals surface area contributed by atoms with Gasteiger partial charge in [0.25, 0.3) is 0 Å². The van der Waals surface area contributed by atoms with Crippen LogP contribution in [0.15, 0.2) is 72.8 Å². The molecule has 0 atom stereocenters. The minimum absolute atomic E-state index is 0.979. The number of nitrogens with zero attached hydrogens (tertiary/aromatic N) is 4. The molecule has 8 rings (SSSR count). The molecule has 8 aromatic rings. The molecule has 0 bridgehead atoms. The van der Waals surface area contributed by atoms with Gasteiger partial charge in [0.1, 0.15) is 11.0 Å². The van der Waals surface area contributed by atoms with Crippen LogP contribution in [0.4, 0.5) is 22.7 Å². The zero-order valence-electron chi connectivity index (χ0n) is 46.6. The second-order valence-corrected chi connectivity index (χ2v) is 25.7. The van der Waals surface area contributed by atoms with E-state index in [1.165, 1.54) is 238 Å². The van der Waals surface area contributed by atoms with Gasteiger partial charge in [0.2, 0.25) is 0 Å². The van der Waals surface area contributed by atoms with Crippen LogP contribution < -0.4 is 20.4 Å². The molecular formula is C64H88N6S5. The van der Waals surface area contributed by atoms with Gasteiger partial charge in [-0.05, 0) is 73.2 Å². The van der Waals surface area contributed by atoms with E-state index in [1.807, 2.05) is 45.3 Å². The number of nitrogens with one attached hydrogen (secondary N) is 2. The van der Waals surface area contributed by atoms with Gasteiger partial charge in [-0.1, -0.05) is 193 Å². The van der Waals surface area contributed by atoms with Gasteiger partial charge in [0.05, 0.1) is 42.3 Å². The van der Waals surface area contributed by atoms with Gasteiger partial charge < -0.3 is 20.4 Å². The van der Waals surface area contributed by atoms with Crippen LogP contribution in [-0.4, -0.2) is 49.0 Å². The van der Waals surface area contributed by atoms with Crippen LogP contribution in [-0.2, 0) is 0 Å². The Morgan fingerprint density at radius 1 is 0.387 bits per heavy atom. The second kappa shape index (κ2) is 30.2. The number of hydrogen-bond donors (Lipinski definition) is 2. The number of rotatable bonds is 36. The minimum Gasteiger partial charge on any atom is -0.386 e. The average Bonchev–Trinajstić information content (AvgIpc) is 4.29. The van der Waals surface area contributed by atoms with Crippen molar-refractivity contribution < 1.29 is 0 Å². The van der Waals surface area contributed by atoms with Gasteiger partial charge in [-0.25, -0.2) is 0 Å². The second-order valence-electron chi connectivity index (χ2n) is 21.0. The van der Waals surface area contributed by atoms with E-state index in [-0.39, 0.29) is 0 Å². The average molecular weight is 1100 g/mol. The van der Waals surface area contributed by atoms with Crippen LogP contribution in [0, 0.1) is 0 Å². The number of fused-ring (bicyclic) bond motifs is 3. The molecule has 0 unspecified atom stereocenters. The van der Waals surface area contributed by atoms with Crippen molar-refractivity contribution >= 4 is 110 Å². The first-order chi connectivity index (χ1) is 37.0. The van der Waals surface area contributed by atoms with E-state index >= 15 is 0 Å². The van der Waals surface area contributed by atoms with Gasteiger partial charge in [-0.2, -0.15) is 8.75 Å². The topological polar surface area (TPSA) is 56.3 Å². The Kier molecular flexibility index (Phi) is 23.0. The Morgan fingerprint density at radius 3 is 1.03 bits per heavy atom. The lowest BCUT2D eigenvalue weighted by atomic mass is 10.0. The van der Waals surface area contributed by atoms with Gasteiger partial charge in [0, 0.05) is 81.9 Å². The highest BCUT2D eigenvalue weighted by Gasteiger charge is 2.25. The molecule has 0 amide bonds. The molecule has 0 aliphatic carbocycles. The lowest BCUT2D eigenvalue weighted by Crippen LogP contribution is -2.25. The third-order valence-corrected chi connectivity index (χ3v) is 20.8. The van der Waals surface area contributed by atoms with Crippen LogP contribution in [0.1, 0.15) is 182 Å².